The molecule has 1 aromatic heterocycles. The van der Waals surface area contributed by atoms with E-state index in [1.165, 1.54) is 23.9 Å². The molecule has 5 nitrogen and oxygen atoms in total. The predicted octanol–water partition coefficient (Wildman–Crippen LogP) is 5.94. The lowest BCUT2D eigenvalue weighted by Gasteiger charge is -2.11. The van der Waals surface area contributed by atoms with Crippen LogP contribution >= 0.6 is 27.7 Å². The standard InChI is InChI=1S/C23H17BrFN3O2S/c1-30-20-5-3-2-4-19(20)26-21(29)13-31-23-17-12-16(25)10-11-18(17)27-22(28-23)14-6-8-15(24)9-7-14/h2-12H,13H2,1H3,(H,26,29). The normalized spacial score (nSPS) is 10.8. The molecular formula is C23H17BrFN3O2S. The number of amides is 1. The van der Waals surface area contributed by atoms with Gasteiger partial charge in [0.2, 0.25) is 5.91 Å². The van der Waals surface area contributed by atoms with Gasteiger partial charge in [0.05, 0.1) is 24.1 Å². The molecule has 0 saturated heterocycles. The third-order valence-electron chi connectivity index (χ3n) is 4.45. The number of carbonyl (C=O) groups excluding carboxylic acids is 1. The summed E-state index contributed by atoms with van der Waals surface area (Å²) < 4.78 is 20.1. The first-order valence-electron chi connectivity index (χ1n) is 9.32. The van der Waals surface area contributed by atoms with Crippen molar-refractivity contribution in [1.82, 2.24) is 9.97 Å². The van der Waals surface area contributed by atoms with Gasteiger partial charge in [-0.3, -0.25) is 4.79 Å². The summed E-state index contributed by atoms with van der Waals surface area (Å²) in [5, 5.41) is 3.94. The molecule has 3 aromatic carbocycles. The molecule has 0 unspecified atom stereocenters. The molecule has 0 fully saturated rings. The Morgan fingerprint density at radius 2 is 1.87 bits per heavy atom. The van der Waals surface area contributed by atoms with Crippen LogP contribution in [0.5, 0.6) is 5.75 Å². The van der Waals surface area contributed by atoms with Gasteiger partial charge >= 0.3 is 0 Å². The fourth-order valence-electron chi connectivity index (χ4n) is 2.98. The Morgan fingerprint density at radius 3 is 2.65 bits per heavy atom. The van der Waals surface area contributed by atoms with Gasteiger partial charge in [0.25, 0.3) is 0 Å². The van der Waals surface area contributed by atoms with Crippen LogP contribution in [0.25, 0.3) is 22.3 Å². The molecule has 8 heteroatoms. The first kappa shape index (κ1) is 21.3. The maximum absolute atomic E-state index is 13.9. The lowest BCUT2D eigenvalue weighted by molar-refractivity contribution is -0.113. The molecule has 4 aromatic rings. The number of nitrogens with one attached hydrogen (secondary N) is 1. The van der Waals surface area contributed by atoms with Crippen molar-refractivity contribution >= 4 is 50.2 Å². The minimum absolute atomic E-state index is 0.0977. The van der Waals surface area contributed by atoms with Gasteiger partial charge in [-0.15, -0.1) is 0 Å². The summed E-state index contributed by atoms with van der Waals surface area (Å²) in [5.41, 5.74) is 2.03. The Morgan fingerprint density at radius 1 is 1.10 bits per heavy atom. The quantitative estimate of drug-likeness (QED) is 0.264. The third-order valence-corrected chi connectivity index (χ3v) is 5.97. The van der Waals surface area contributed by atoms with Crippen LogP contribution in [-0.2, 0) is 4.79 Å². The molecule has 4 rings (SSSR count). The summed E-state index contributed by atoms with van der Waals surface area (Å²) >= 11 is 4.65. The van der Waals surface area contributed by atoms with Gasteiger partial charge in [-0.1, -0.05) is 52.0 Å². The third kappa shape index (κ3) is 5.03. The molecule has 156 valence electrons. The zero-order valence-corrected chi connectivity index (χ0v) is 18.8. The molecule has 0 aliphatic carbocycles. The van der Waals surface area contributed by atoms with Crippen LogP contribution in [0.2, 0.25) is 0 Å². The van der Waals surface area contributed by atoms with E-state index >= 15 is 0 Å². The van der Waals surface area contributed by atoms with Crippen molar-refractivity contribution < 1.29 is 13.9 Å². The second-order valence-corrected chi connectivity index (χ2v) is 8.44. The number of ether oxygens (including phenoxy) is 1. The molecule has 0 aliphatic heterocycles. The molecule has 0 atom stereocenters. The molecule has 1 N–H and O–H groups in total. The van der Waals surface area contributed by atoms with E-state index in [1.54, 1.807) is 25.3 Å². The van der Waals surface area contributed by atoms with Gasteiger partial charge in [-0.2, -0.15) is 0 Å². The number of thioether (sulfide) groups is 1. The summed E-state index contributed by atoms with van der Waals surface area (Å²) in [6, 6.07) is 19.2. The van der Waals surface area contributed by atoms with E-state index in [4.69, 9.17) is 4.74 Å². The number of carbonyl (C=O) groups is 1. The van der Waals surface area contributed by atoms with Crippen LogP contribution in [0.4, 0.5) is 10.1 Å². The zero-order chi connectivity index (χ0) is 21.8. The SMILES string of the molecule is COc1ccccc1NC(=O)CSc1nc(-c2ccc(Br)cc2)nc2ccc(F)cc12. The predicted molar refractivity (Wildman–Crippen MR) is 125 cm³/mol. The number of aromatic nitrogens is 2. The lowest BCUT2D eigenvalue weighted by atomic mass is 10.2. The minimum Gasteiger partial charge on any atom is -0.495 e. The van der Waals surface area contributed by atoms with Crippen LogP contribution < -0.4 is 10.1 Å². The highest BCUT2D eigenvalue weighted by Gasteiger charge is 2.14. The number of hydrogen-bond donors (Lipinski definition) is 1. The van der Waals surface area contributed by atoms with Gasteiger partial charge in [0.15, 0.2) is 5.82 Å². The van der Waals surface area contributed by atoms with Crippen molar-refractivity contribution in [3.05, 3.63) is 77.0 Å². The fourth-order valence-corrected chi connectivity index (χ4v) is 4.05. The molecular weight excluding hydrogens is 481 g/mol. The Balaban J connectivity index is 1.61. The molecule has 0 bridgehead atoms. The highest BCUT2D eigenvalue weighted by atomic mass is 79.9. The summed E-state index contributed by atoms with van der Waals surface area (Å²) in [6.45, 7) is 0. The summed E-state index contributed by atoms with van der Waals surface area (Å²) in [5.74, 6) is 0.586. The Hall–Kier alpha value is -2.97. The maximum Gasteiger partial charge on any atom is 0.234 e. The van der Waals surface area contributed by atoms with Crippen LogP contribution in [0.15, 0.2) is 76.2 Å². The van der Waals surface area contributed by atoms with Gasteiger partial charge in [-0.25, -0.2) is 14.4 Å². The highest BCUT2D eigenvalue weighted by molar-refractivity contribution is 9.10. The van der Waals surface area contributed by atoms with Crippen molar-refractivity contribution in [2.75, 3.05) is 18.2 Å². The zero-order valence-electron chi connectivity index (χ0n) is 16.4. The molecule has 1 heterocycles. The van der Waals surface area contributed by atoms with Crippen LogP contribution in [0, 0.1) is 5.82 Å². The maximum atomic E-state index is 13.9. The highest BCUT2D eigenvalue weighted by Crippen LogP contribution is 2.30. The molecule has 31 heavy (non-hydrogen) atoms. The van der Waals surface area contributed by atoms with E-state index in [0.717, 1.165) is 10.0 Å². The van der Waals surface area contributed by atoms with E-state index in [0.29, 0.717) is 33.2 Å². The number of rotatable bonds is 6. The summed E-state index contributed by atoms with van der Waals surface area (Å²) in [6.07, 6.45) is 0. The fraction of sp³-hybridized carbons (Fsp3) is 0.0870. The Kier molecular flexibility index (Phi) is 6.48. The smallest absolute Gasteiger partial charge is 0.234 e. The van der Waals surface area contributed by atoms with Crippen LogP contribution in [0.1, 0.15) is 0 Å². The van der Waals surface area contributed by atoms with Crippen molar-refractivity contribution in [2.24, 2.45) is 0 Å². The number of fused-ring (bicyclic) bond motifs is 1. The van der Waals surface area contributed by atoms with Crippen LogP contribution in [0.3, 0.4) is 0 Å². The van der Waals surface area contributed by atoms with E-state index < -0.39 is 0 Å². The van der Waals surface area contributed by atoms with Gasteiger partial charge in [0, 0.05) is 15.4 Å². The van der Waals surface area contributed by atoms with Crippen molar-refractivity contribution in [3.63, 3.8) is 0 Å². The summed E-state index contributed by atoms with van der Waals surface area (Å²) in [7, 11) is 1.55. The molecule has 0 aliphatic rings. The Bertz CT molecular complexity index is 1250. The van der Waals surface area contributed by atoms with Gasteiger partial charge in [-0.05, 0) is 42.5 Å². The van der Waals surface area contributed by atoms with E-state index in [1.807, 2.05) is 36.4 Å². The monoisotopic (exact) mass is 497 g/mol. The number of halogens is 2. The topological polar surface area (TPSA) is 64.1 Å². The number of hydrogen-bond acceptors (Lipinski definition) is 5. The van der Waals surface area contributed by atoms with E-state index in [-0.39, 0.29) is 17.5 Å². The molecule has 1 amide bonds. The molecule has 0 saturated carbocycles. The van der Waals surface area contributed by atoms with Crippen molar-refractivity contribution in [3.8, 4) is 17.1 Å². The van der Waals surface area contributed by atoms with Gasteiger partial charge < -0.3 is 10.1 Å². The minimum atomic E-state index is -0.382. The van der Waals surface area contributed by atoms with Crippen molar-refractivity contribution in [2.45, 2.75) is 5.03 Å². The molecule has 0 spiro atoms. The van der Waals surface area contributed by atoms with E-state index in [9.17, 15) is 9.18 Å². The van der Waals surface area contributed by atoms with Crippen LogP contribution in [-0.4, -0.2) is 28.7 Å². The number of para-hydroxylation sites is 2. The lowest BCUT2D eigenvalue weighted by Crippen LogP contribution is -2.14. The van der Waals surface area contributed by atoms with E-state index in [2.05, 4.69) is 31.2 Å². The number of methoxy groups -OCH3 is 1. The molecule has 0 radical (unpaired) electrons. The second kappa shape index (κ2) is 9.45. The number of anilines is 1. The first-order valence-corrected chi connectivity index (χ1v) is 11.1. The average molecular weight is 498 g/mol. The average Bonchev–Trinajstić information content (AvgIpc) is 2.78. The second-order valence-electron chi connectivity index (χ2n) is 6.56. The first-order chi connectivity index (χ1) is 15.0. The number of nitrogens with zero attached hydrogens (tertiary/aromatic N) is 2. The largest absolute Gasteiger partial charge is 0.495 e. The van der Waals surface area contributed by atoms with Gasteiger partial charge in [0.1, 0.15) is 16.6 Å². The Labute approximate surface area is 191 Å². The van der Waals surface area contributed by atoms with Crippen molar-refractivity contribution in [1.29, 1.82) is 0 Å². The number of benzene rings is 3. The summed E-state index contributed by atoms with van der Waals surface area (Å²) in [4.78, 5) is 21.7.